The van der Waals surface area contributed by atoms with Gasteiger partial charge in [0.25, 0.3) is 0 Å². The van der Waals surface area contributed by atoms with Gasteiger partial charge in [-0.2, -0.15) is 0 Å². The van der Waals surface area contributed by atoms with E-state index in [0.29, 0.717) is 31.7 Å². The molecule has 3 aromatic rings. The van der Waals surface area contributed by atoms with Gasteiger partial charge in [-0.25, -0.2) is 4.68 Å². The molecule has 0 saturated carbocycles. The van der Waals surface area contributed by atoms with Crippen LogP contribution in [0.4, 0.5) is 5.69 Å². The summed E-state index contributed by atoms with van der Waals surface area (Å²) in [6.45, 7) is 5.01. The molecule has 3 amide bonds. The highest BCUT2D eigenvalue weighted by Crippen LogP contribution is 2.68. The Balaban J connectivity index is 1.26. The zero-order chi connectivity index (χ0) is 29.4. The number of carbonyl (C=O) groups is 3. The van der Waals surface area contributed by atoms with Crippen molar-refractivity contribution in [2.45, 2.75) is 55.8 Å². The molecule has 6 atom stereocenters. The van der Waals surface area contributed by atoms with Crippen LogP contribution in [0.1, 0.15) is 33.1 Å². The molecular formula is C30H36N6O5S. The molecule has 3 aliphatic rings. The van der Waals surface area contributed by atoms with Crippen molar-refractivity contribution in [2.75, 3.05) is 25.1 Å². The fourth-order valence-electron chi connectivity index (χ4n) is 7.06. The van der Waals surface area contributed by atoms with Crippen LogP contribution in [0.2, 0.25) is 0 Å². The molecule has 42 heavy (non-hydrogen) atoms. The zero-order valence-corrected chi connectivity index (χ0v) is 24.5. The third-order valence-corrected chi connectivity index (χ3v) is 10.9. The van der Waals surface area contributed by atoms with E-state index in [1.54, 1.807) is 45.6 Å². The van der Waals surface area contributed by atoms with Gasteiger partial charge in [-0.05, 0) is 68.5 Å². The summed E-state index contributed by atoms with van der Waals surface area (Å²) in [7, 11) is 0. The van der Waals surface area contributed by atoms with Crippen LogP contribution < -0.4 is 15.4 Å². The number of rotatable bonds is 11. The first-order valence-corrected chi connectivity index (χ1v) is 15.5. The molecule has 11 nitrogen and oxygen atoms in total. The molecule has 3 saturated heterocycles. The number of unbranched alkanes of at least 4 members (excludes halogenated alkanes) is 1. The maximum Gasteiger partial charge on any atom is 0.245 e. The molecule has 0 radical (unpaired) electrons. The number of fused-ring (bicyclic) bond motifs is 2. The minimum atomic E-state index is -0.739. The third kappa shape index (κ3) is 4.70. The molecule has 3 N–H and O–H groups in total. The monoisotopic (exact) mass is 592 g/mol. The van der Waals surface area contributed by atoms with Crippen LogP contribution in [-0.4, -0.2) is 78.5 Å². The first-order valence-electron chi connectivity index (χ1n) is 14.6. The van der Waals surface area contributed by atoms with Crippen molar-refractivity contribution < 1.29 is 24.2 Å². The average Bonchev–Trinajstić information content (AvgIpc) is 3.71. The summed E-state index contributed by atoms with van der Waals surface area (Å²) in [5.74, 6) is -1.01. The first-order chi connectivity index (χ1) is 20.4. The van der Waals surface area contributed by atoms with Crippen molar-refractivity contribution in [2.24, 2.45) is 17.8 Å². The number of benzene rings is 2. The highest BCUT2D eigenvalue weighted by molar-refractivity contribution is 8.02. The summed E-state index contributed by atoms with van der Waals surface area (Å²) in [6.07, 6.45) is 1.83. The number of nitrogens with one attached hydrogen (secondary N) is 2. The number of ether oxygens (including phenoxy) is 1. The normalized spacial score (nSPS) is 27.8. The van der Waals surface area contributed by atoms with Crippen molar-refractivity contribution >= 4 is 46.2 Å². The number of thioether (sulfide) groups is 1. The van der Waals surface area contributed by atoms with E-state index >= 15 is 0 Å². The number of aliphatic hydroxyl groups excluding tert-OH is 1. The number of nitrogens with zero attached hydrogens (tertiary/aromatic N) is 4. The molecule has 3 aliphatic heterocycles. The number of carbonyl (C=O) groups excluding carboxylic acids is 3. The molecule has 2 bridgehead atoms. The Morgan fingerprint density at radius 2 is 1.93 bits per heavy atom. The van der Waals surface area contributed by atoms with Crippen LogP contribution in [-0.2, 0) is 21.1 Å². The van der Waals surface area contributed by atoms with Crippen LogP contribution in [0.5, 0.6) is 5.75 Å². The lowest BCUT2D eigenvalue weighted by Crippen LogP contribution is -2.56. The molecular weight excluding hydrogens is 556 g/mol. The average molecular weight is 593 g/mol. The Morgan fingerprint density at radius 3 is 2.69 bits per heavy atom. The first kappa shape index (κ1) is 28.5. The van der Waals surface area contributed by atoms with E-state index in [-0.39, 0.29) is 42.2 Å². The molecule has 0 aliphatic carbocycles. The number of para-hydroxylation sites is 1. The van der Waals surface area contributed by atoms with Crippen LogP contribution >= 0.6 is 11.8 Å². The van der Waals surface area contributed by atoms with Crippen LogP contribution in [0.3, 0.4) is 0 Å². The standard InChI is InChI=1S/C30H36N6O5S/c1-3-41-20-12-10-19(11-13-20)32-27(38)24-23-16-18(2)30(42-23)25(24)29(40)35(14-6-7-15-37)26(30)28(39)31-17-36-22-9-5-4-8-21(22)33-34-36/h4-5,8-13,18,23-26,37H,3,6-7,14-17H2,1-2H3,(H,31,39)(H,32,38)/t18?,23-,24+,25+,26?,30?/m1/s1. The Kier molecular flexibility index (Phi) is 7.84. The van der Waals surface area contributed by atoms with E-state index in [2.05, 4.69) is 27.9 Å². The Labute approximate surface area is 248 Å². The molecule has 3 fully saturated rings. The van der Waals surface area contributed by atoms with Crippen molar-refractivity contribution in [1.82, 2.24) is 25.2 Å². The van der Waals surface area contributed by atoms with E-state index < -0.39 is 22.6 Å². The van der Waals surface area contributed by atoms with Crippen molar-refractivity contribution in [3.8, 4) is 5.75 Å². The molecule has 1 aromatic heterocycles. The largest absolute Gasteiger partial charge is 0.494 e. The lowest BCUT2D eigenvalue weighted by Gasteiger charge is -2.38. The van der Waals surface area contributed by atoms with Crippen LogP contribution in [0.25, 0.3) is 11.0 Å². The molecule has 222 valence electrons. The van der Waals surface area contributed by atoms with E-state index in [1.807, 2.05) is 31.2 Å². The van der Waals surface area contributed by atoms with Gasteiger partial charge in [0.15, 0.2) is 0 Å². The fourth-order valence-corrected chi connectivity index (χ4v) is 9.49. The number of aromatic nitrogens is 3. The van der Waals surface area contributed by atoms with Crippen molar-refractivity contribution in [1.29, 1.82) is 0 Å². The van der Waals surface area contributed by atoms with Gasteiger partial charge in [0.2, 0.25) is 17.7 Å². The topological polar surface area (TPSA) is 139 Å². The number of hydrogen-bond acceptors (Lipinski definition) is 8. The number of anilines is 1. The van der Waals surface area contributed by atoms with Gasteiger partial charge >= 0.3 is 0 Å². The summed E-state index contributed by atoms with van der Waals surface area (Å²) in [4.78, 5) is 43.7. The van der Waals surface area contributed by atoms with Crippen molar-refractivity contribution in [3.63, 3.8) is 0 Å². The van der Waals surface area contributed by atoms with Gasteiger partial charge in [0, 0.05) is 24.1 Å². The number of aliphatic hydroxyl groups is 1. The molecule has 12 heteroatoms. The lowest BCUT2D eigenvalue weighted by molar-refractivity contribution is -0.139. The molecule has 2 aromatic carbocycles. The second-order valence-electron chi connectivity index (χ2n) is 11.2. The minimum Gasteiger partial charge on any atom is -0.494 e. The smallest absolute Gasteiger partial charge is 0.245 e. The van der Waals surface area contributed by atoms with Crippen molar-refractivity contribution in [3.05, 3.63) is 48.5 Å². The molecule has 6 rings (SSSR count). The number of amides is 3. The van der Waals surface area contributed by atoms with Gasteiger partial charge in [0.1, 0.15) is 24.0 Å². The maximum atomic E-state index is 14.2. The van der Waals surface area contributed by atoms with Crippen LogP contribution in [0.15, 0.2) is 48.5 Å². The van der Waals surface area contributed by atoms with Gasteiger partial charge in [-0.1, -0.05) is 24.3 Å². The number of hydrogen-bond donors (Lipinski definition) is 3. The molecule has 3 unspecified atom stereocenters. The summed E-state index contributed by atoms with van der Waals surface area (Å²) in [5, 5.41) is 23.7. The van der Waals surface area contributed by atoms with Gasteiger partial charge in [0.05, 0.1) is 28.7 Å². The Hall–Kier alpha value is -3.64. The van der Waals surface area contributed by atoms with E-state index in [9.17, 15) is 19.5 Å². The number of likely N-dealkylation sites (tertiary alicyclic amines) is 1. The predicted molar refractivity (Wildman–Crippen MR) is 159 cm³/mol. The molecule has 1 spiro atoms. The second kappa shape index (κ2) is 11.6. The van der Waals surface area contributed by atoms with Gasteiger partial charge in [-0.3, -0.25) is 14.4 Å². The predicted octanol–water partition coefficient (Wildman–Crippen LogP) is 2.65. The van der Waals surface area contributed by atoms with Gasteiger partial charge < -0.3 is 25.4 Å². The SMILES string of the molecule is CCOc1ccc(NC(=O)[C@@H]2[C@H]3C(=O)N(CCCCO)C(C(=O)NCn4nnc5ccccc54)C34S[C@@H]2CC4C)cc1. The van der Waals surface area contributed by atoms with E-state index in [1.165, 1.54) is 0 Å². The summed E-state index contributed by atoms with van der Waals surface area (Å²) in [5.41, 5.74) is 2.16. The lowest BCUT2D eigenvalue weighted by atomic mass is 9.66. The zero-order valence-electron chi connectivity index (χ0n) is 23.7. The highest BCUT2D eigenvalue weighted by atomic mass is 32.2. The Bertz CT molecular complexity index is 1480. The summed E-state index contributed by atoms with van der Waals surface area (Å²) < 4.78 is 6.41. The summed E-state index contributed by atoms with van der Waals surface area (Å²) in [6, 6.07) is 14.0. The quantitative estimate of drug-likeness (QED) is 0.289. The van der Waals surface area contributed by atoms with E-state index in [4.69, 9.17) is 4.74 Å². The Morgan fingerprint density at radius 1 is 1.14 bits per heavy atom. The third-order valence-electron chi connectivity index (χ3n) is 8.86. The van der Waals surface area contributed by atoms with Gasteiger partial charge in [-0.15, -0.1) is 16.9 Å². The van der Waals surface area contributed by atoms with E-state index in [0.717, 1.165) is 23.2 Å². The van der Waals surface area contributed by atoms with Crippen LogP contribution in [0, 0.1) is 17.8 Å². The summed E-state index contributed by atoms with van der Waals surface area (Å²) >= 11 is 1.63. The highest BCUT2D eigenvalue weighted by Gasteiger charge is 2.75. The maximum absolute atomic E-state index is 14.2. The minimum absolute atomic E-state index is 0.00712. The fraction of sp³-hybridized carbons (Fsp3) is 0.500. The second-order valence-corrected chi connectivity index (χ2v) is 12.8. The molecule has 4 heterocycles.